The van der Waals surface area contributed by atoms with Crippen molar-refractivity contribution in [1.29, 1.82) is 0 Å². The van der Waals surface area contributed by atoms with Crippen molar-refractivity contribution >= 4 is 16.9 Å². The van der Waals surface area contributed by atoms with Gasteiger partial charge in [0, 0.05) is 19.7 Å². The number of nitrogens with one attached hydrogen (secondary N) is 2. The summed E-state index contributed by atoms with van der Waals surface area (Å²) in [6, 6.07) is 5.10. The normalized spacial score (nSPS) is 10.5. The molecule has 0 saturated heterocycles. The molecule has 0 bridgehead atoms. The summed E-state index contributed by atoms with van der Waals surface area (Å²) < 4.78 is 1.50. The van der Waals surface area contributed by atoms with Crippen LogP contribution in [0.1, 0.15) is 10.4 Å². The highest BCUT2D eigenvalue weighted by atomic mass is 16.2. The molecule has 0 spiro atoms. The second-order valence-corrected chi connectivity index (χ2v) is 3.30. The number of aromatic amines is 1. The van der Waals surface area contributed by atoms with E-state index in [1.807, 2.05) is 0 Å². The number of carbonyl (C=O) groups is 1. The van der Waals surface area contributed by atoms with Gasteiger partial charge >= 0.3 is 5.69 Å². The molecule has 2 N–H and O–H groups in total. The van der Waals surface area contributed by atoms with Crippen molar-refractivity contribution in [2.45, 2.75) is 0 Å². The number of benzene rings is 1. The molecular formula is C10H11N3O2. The topological polar surface area (TPSA) is 66.9 Å². The minimum absolute atomic E-state index is 0.165. The van der Waals surface area contributed by atoms with E-state index in [1.165, 1.54) is 4.57 Å². The lowest BCUT2D eigenvalue weighted by Gasteiger charge is -1.99. The largest absolute Gasteiger partial charge is 0.355 e. The van der Waals surface area contributed by atoms with Gasteiger partial charge in [-0.15, -0.1) is 0 Å². The third kappa shape index (κ3) is 1.41. The molecule has 0 aliphatic carbocycles. The fourth-order valence-electron chi connectivity index (χ4n) is 1.52. The Kier molecular flexibility index (Phi) is 2.07. The van der Waals surface area contributed by atoms with Crippen molar-refractivity contribution < 1.29 is 4.79 Å². The molecule has 0 aliphatic heterocycles. The van der Waals surface area contributed by atoms with Gasteiger partial charge in [0.05, 0.1) is 11.0 Å². The van der Waals surface area contributed by atoms with Crippen LogP contribution in [0.3, 0.4) is 0 Å². The van der Waals surface area contributed by atoms with Crippen LogP contribution < -0.4 is 11.0 Å². The number of amides is 1. The van der Waals surface area contributed by atoms with Gasteiger partial charge in [-0.05, 0) is 18.2 Å². The minimum Gasteiger partial charge on any atom is -0.355 e. The van der Waals surface area contributed by atoms with E-state index in [4.69, 9.17) is 0 Å². The van der Waals surface area contributed by atoms with Crippen LogP contribution in [-0.4, -0.2) is 22.5 Å². The van der Waals surface area contributed by atoms with Gasteiger partial charge in [0.15, 0.2) is 0 Å². The monoisotopic (exact) mass is 205 g/mol. The highest BCUT2D eigenvalue weighted by molar-refractivity contribution is 5.97. The van der Waals surface area contributed by atoms with E-state index in [9.17, 15) is 9.59 Å². The highest BCUT2D eigenvalue weighted by Crippen LogP contribution is 2.11. The van der Waals surface area contributed by atoms with Gasteiger partial charge in [-0.3, -0.25) is 9.36 Å². The number of aromatic nitrogens is 2. The Bertz CT molecular complexity index is 580. The third-order valence-corrected chi connectivity index (χ3v) is 2.39. The molecule has 1 heterocycles. The van der Waals surface area contributed by atoms with E-state index in [1.54, 1.807) is 32.3 Å². The van der Waals surface area contributed by atoms with Crippen molar-refractivity contribution in [3.8, 4) is 0 Å². The van der Waals surface area contributed by atoms with Gasteiger partial charge in [0.2, 0.25) is 0 Å². The van der Waals surface area contributed by atoms with Crippen molar-refractivity contribution in [2.24, 2.45) is 7.05 Å². The molecule has 1 aromatic carbocycles. The standard InChI is InChI=1S/C10H11N3O2/c1-11-9(14)6-3-4-8-7(5-6)12-10(15)13(8)2/h3-5H,1-2H3,(H,11,14)(H,12,15). The number of H-pyrrole nitrogens is 1. The first-order valence-corrected chi connectivity index (χ1v) is 4.54. The number of carbonyl (C=O) groups excluding carboxylic acids is 1. The molecule has 0 radical (unpaired) electrons. The number of hydrogen-bond acceptors (Lipinski definition) is 2. The lowest BCUT2D eigenvalue weighted by molar-refractivity contribution is 0.0963. The minimum atomic E-state index is -0.181. The van der Waals surface area contributed by atoms with Crippen LogP contribution in [0.5, 0.6) is 0 Å². The van der Waals surface area contributed by atoms with E-state index in [0.717, 1.165) is 5.52 Å². The summed E-state index contributed by atoms with van der Waals surface area (Å²) >= 11 is 0. The molecule has 15 heavy (non-hydrogen) atoms. The Morgan fingerprint density at radius 2 is 2.20 bits per heavy atom. The Morgan fingerprint density at radius 3 is 2.87 bits per heavy atom. The van der Waals surface area contributed by atoms with Crippen LogP contribution in [0.15, 0.2) is 23.0 Å². The second-order valence-electron chi connectivity index (χ2n) is 3.30. The summed E-state index contributed by atoms with van der Waals surface area (Å²) in [7, 11) is 3.25. The molecule has 78 valence electrons. The first-order valence-electron chi connectivity index (χ1n) is 4.54. The number of nitrogens with zero attached hydrogens (tertiary/aromatic N) is 1. The lowest BCUT2D eigenvalue weighted by atomic mass is 10.2. The SMILES string of the molecule is CNC(=O)c1ccc2c(c1)[nH]c(=O)n2C. The Hall–Kier alpha value is -2.04. The van der Waals surface area contributed by atoms with Crippen LogP contribution in [0.25, 0.3) is 11.0 Å². The predicted molar refractivity (Wildman–Crippen MR) is 56.9 cm³/mol. The van der Waals surface area contributed by atoms with Gasteiger partial charge in [0.25, 0.3) is 5.91 Å². The number of imidazole rings is 1. The summed E-state index contributed by atoms with van der Waals surface area (Å²) in [5, 5.41) is 2.53. The summed E-state index contributed by atoms with van der Waals surface area (Å²) in [6.45, 7) is 0. The van der Waals surface area contributed by atoms with Gasteiger partial charge in [-0.25, -0.2) is 4.79 Å². The second kappa shape index (κ2) is 3.27. The number of fused-ring (bicyclic) bond motifs is 1. The van der Waals surface area contributed by atoms with E-state index < -0.39 is 0 Å². The van der Waals surface area contributed by atoms with Crippen LogP contribution in [0.2, 0.25) is 0 Å². The van der Waals surface area contributed by atoms with E-state index in [-0.39, 0.29) is 11.6 Å². The van der Waals surface area contributed by atoms with Gasteiger partial charge in [-0.2, -0.15) is 0 Å². The molecule has 1 amide bonds. The molecule has 5 nitrogen and oxygen atoms in total. The third-order valence-electron chi connectivity index (χ3n) is 2.39. The van der Waals surface area contributed by atoms with Crippen LogP contribution in [-0.2, 0) is 7.05 Å². The molecule has 5 heteroatoms. The highest BCUT2D eigenvalue weighted by Gasteiger charge is 2.07. The van der Waals surface area contributed by atoms with Gasteiger partial charge in [0.1, 0.15) is 0 Å². The van der Waals surface area contributed by atoms with Gasteiger partial charge in [-0.1, -0.05) is 0 Å². The van der Waals surface area contributed by atoms with E-state index >= 15 is 0 Å². The average Bonchev–Trinajstić information content (AvgIpc) is 2.53. The van der Waals surface area contributed by atoms with Crippen LogP contribution in [0.4, 0.5) is 0 Å². The summed E-state index contributed by atoms with van der Waals surface area (Å²) in [4.78, 5) is 25.3. The van der Waals surface area contributed by atoms with Crippen molar-refractivity contribution in [3.05, 3.63) is 34.2 Å². The first kappa shape index (κ1) is 9.51. The molecule has 2 rings (SSSR count). The Labute approximate surface area is 85.7 Å². The van der Waals surface area contributed by atoms with Crippen LogP contribution >= 0.6 is 0 Å². The maximum absolute atomic E-state index is 11.3. The van der Waals surface area contributed by atoms with Crippen molar-refractivity contribution in [1.82, 2.24) is 14.9 Å². The zero-order valence-electron chi connectivity index (χ0n) is 8.50. The smallest absolute Gasteiger partial charge is 0.326 e. The van der Waals surface area contributed by atoms with E-state index in [0.29, 0.717) is 11.1 Å². The summed E-state index contributed by atoms with van der Waals surface area (Å²) in [5.41, 5.74) is 1.81. The zero-order chi connectivity index (χ0) is 11.0. The van der Waals surface area contributed by atoms with E-state index in [2.05, 4.69) is 10.3 Å². The Balaban J connectivity index is 2.67. The molecule has 0 atom stereocenters. The van der Waals surface area contributed by atoms with Crippen molar-refractivity contribution in [3.63, 3.8) is 0 Å². The molecule has 2 aromatic rings. The fourth-order valence-corrected chi connectivity index (χ4v) is 1.52. The van der Waals surface area contributed by atoms with Crippen molar-refractivity contribution in [2.75, 3.05) is 7.05 Å². The average molecular weight is 205 g/mol. The number of aryl methyl sites for hydroxylation is 1. The molecule has 1 aromatic heterocycles. The first-order chi connectivity index (χ1) is 7.13. The number of hydrogen-bond donors (Lipinski definition) is 2. The predicted octanol–water partition coefficient (Wildman–Crippen LogP) is 0.226. The molecule has 0 unspecified atom stereocenters. The maximum Gasteiger partial charge on any atom is 0.326 e. The zero-order valence-corrected chi connectivity index (χ0v) is 8.50. The summed E-state index contributed by atoms with van der Waals surface area (Å²) in [5.74, 6) is -0.165. The maximum atomic E-state index is 11.3. The molecule has 0 saturated carbocycles. The molecule has 0 fully saturated rings. The molecular weight excluding hydrogens is 194 g/mol. The fraction of sp³-hybridized carbons (Fsp3) is 0.200. The summed E-state index contributed by atoms with van der Waals surface area (Å²) in [6.07, 6.45) is 0. The van der Waals surface area contributed by atoms with Crippen LogP contribution in [0, 0.1) is 0 Å². The quantitative estimate of drug-likeness (QED) is 0.699. The lowest BCUT2D eigenvalue weighted by Crippen LogP contribution is -2.17. The van der Waals surface area contributed by atoms with Gasteiger partial charge < -0.3 is 10.3 Å². The Morgan fingerprint density at radius 1 is 1.47 bits per heavy atom. The number of rotatable bonds is 1. The molecule has 0 aliphatic rings.